The Kier molecular flexibility index (Phi) is 6.45. The molecule has 1 aromatic heterocycles. The van der Waals surface area contributed by atoms with E-state index in [4.69, 9.17) is 4.74 Å². The van der Waals surface area contributed by atoms with Gasteiger partial charge in [-0.2, -0.15) is 0 Å². The third-order valence-corrected chi connectivity index (χ3v) is 6.86. The molecule has 176 valence electrons. The minimum atomic E-state index is -0.0970. The van der Waals surface area contributed by atoms with Crippen molar-refractivity contribution in [1.29, 1.82) is 0 Å². The van der Waals surface area contributed by atoms with Gasteiger partial charge in [-0.05, 0) is 42.5 Å². The molecule has 1 saturated heterocycles. The Morgan fingerprint density at radius 1 is 1.09 bits per heavy atom. The van der Waals surface area contributed by atoms with E-state index in [0.29, 0.717) is 44.8 Å². The number of benzene rings is 2. The average Bonchev–Trinajstić information content (AvgIpc) is 3.32. The molecule has 2 amide bonds. The van der Waals surface area contributed by atoms with Gasteiger partial charge in [0, 0.05) is 24.7 Å². The number of likely N-dealkylation sites (tertiary alicyclic amines) is 1. The first-order valence-electron chi connectivity index (χ1n) is 12.0. The molecule has 7 nitrogen and oxygen atoms in total. The Balaban J connectivity index is 1.18. The molecular weight excluding hydrogens is 428 g/mol. The van der Waals surface area contributed by atoms with Crippen molar-refractivity contribution in [3.8, 4) is 0 Å². The topological polar surface area (TPSA) is 76.5 Å². The SMILES string of the molecule is CCc1cccc(NC(=O)C2CCN(C(=O)c3ncn4c3CO[C@H](c3ccccc3)C4)CC2)c1. The quantitative estimate of drug-likeness (QED) is 0.622. The van der Waals surface area contributed by atoms with Crippen molar-refractivity contribution < 1.29 is 14.3 Å². The Bertz CT molecular complexity index is 1170. The van der Waals surface area contributed by atoms with Gasteiger partial charge in [-0.15, -0.1) is 0 Å². The van der Waals surface area contributed by atoms with E-state index < -0.39 is 0 Å². The monoisotopic (exact) mass is 458 g/mol. The molecule has 2 aliphatic rings. The van der Waals surface area contributed by atoms with Crippen LogP contribution in [0.4, 0.5) is 5.69 Å². The average molecular weight is 459 g/mol. The van der Waals surface area contributed by atoms with Gasteiger partial charge in [0.1, 0.15) is 6.10 Å². The molecule has 0 saturated carbocycles. The maximum atomic E-state index is 13.2. The lowest BCUT2D eigenvalue weighted by Crippen LogP contribution is -2.42. The van der Waals surface area contributed by atoms with Gasteiger partial charge in [-0.1, -0.05) is 49.4 Å². The molecular formula is C27H30N4O3. The summed E-state index contributed by atoms with van der Waals surface area (Å²) in [6, 6.07) is 18.1. The third kappa shape index (κ3) is 4.61. The number of hydrogen-bond acceptors (Lipinski definition) is 4. The van der Waals surface area contributed by atoms with Crippen LogP contribution in [0.1, 0.15) is 53.2 Å². The normalized spacial score (nSPS) is 18.4. The molecule has 3 aromatic rings. The number of carbonyl (C=O) groups excluding carboxylic acids is 2. The standard InChI is InChI=1S/C27H30N4O3/c1-2-19-7-6-10-22(15-19)29-26(32)21-11-13-30(14-12-21)27(33)25-23-17-34-24(16-31(23)18-28-25)20-8-4-3-5-9-20/h3-10,15,18,21,24H,2,11-14,16-17H2,1H3,(H,29,32)/t24-/m0/s1. The lowest BCUT2D eigenvalue weighted by Gasteiger charge is -2.31. The van der Waals surface area contributed by atoms with Crippen LogP contribution in [0.5, 0.6) is 0 Å². The number of nitrogens with zero attached hydrogens (tertiary/aromatic N) is 3. The molecule has 0 bridgehead atoms. The van der Waals surface area contributed by atoms with Gasteiger partial charge in [0.15, 0.2) is 5.69 Å². The maximum Gasteiger partial charge on any atom is 0.274 e. The van der Waals surface area contributed by atoms with Crippen molar-refractivity contribution in [3.63, 3.8) is 0 Å². The minimum absolute atomic E-state index is 0.0278. The Morgan fingerprint density at radius 2 is 1.88 bits per heavy atom. The first-order chi connectivity index (χ1) is 16.6. The number of aryl methyl sites for hydroxylation is 1. The van der Waals surface area contributed by atoms with E-state index >= 15 is 0 Å². The predicted molar refractivity (Wildman–Crippen MR) is 129 cm³/mol. The van der Waals surface area contributed by atoms with Crippen LogP contribution in [0.15, 0.2) is 60.9 Å². The van der Waals surface area contributed by atoms with E-state index in [-0.39, 0.29) is 23.8 Å². The number of anilines is 1. The molecule has 0 aliphatic carbocycles. The molecule has 7 heteroatoms. The van der Waals surface area contributed by atoms with E-state index in [1.165, 1.54) is 5.56 Å². The summed E-state index contributed by atoms with van der Waals surface area (Å²) in [5, 5.41) is 3.04. The summed E-state index contributed by atoms with van der Waals surface area (Å²) in [6.07, 6.45) is 3.92. The largest absolute Gasteiger partial charge is 0.365 e. The zero-order valence-corrected chi connectivity index (χ0v) is 19.4. The van der Waals surface area contributed by atoms with Crippen LogP contribution in [0.3, 0.4) is 0 Å². The van der Waals surface area contributed by atoms with Gasteiger partial charge in [0.2, 0.25) is 5.91 Å². The molecule has 5 rings (SSSR count). The summed E-state index contributed by atoms with van der Waals surface area (Å²) in [5.74, 6) is -0.148. The predicted octanol–water partition coefficient (Wildman–Crippen LogP) is 4.21. The molecule has 34 heavy (non-hydrogen) atoms. The van der Waals surface area contributed by atoms with Crippen LogP contribution in [-0.2, 0) is 29.1 Å². The van der Waals surface area contributed by atoms with E-state index in [0.717, 1.165) is 23.4 Å². The van der Waals surface area contributed by atoms with E-state index in [1.54, 1.807) is 6.33 Å². The van der Waals surface area contributed by atoms with Crippen molar-refractivity contribution in [3.05, 3.63) is 83.4 Å². The second-order valence-electron chi connectivity index (χ2n) is 9.01. The number of rotatable bonds is 5. The number of nitrogens with one attached hydrogen (secondary N) is 1. The molecule has 1 fully saturated rings. The number of ether oxygens (including phenoxy) is 1. The molecule has 1 N–H and O–H groups in total. The van der Waals surface area contributed by atoms with Crippen LogP contribution >= 0.6 is 0 Å². The number of imidazole rings is 1. The van der Waals surface area contributed by atoms with Crippen LogP contribution in [0, 0.1) is 5.92 Å². The zero-order chi connectivity index (χ0) is 23.5. The van der Waals surface area contributed by atoms with Crippen molar-refractivity contribution in [1.82, 2.24) is 14.5 Å². The fourth-order valence-electron chi connectivity index (χ4n) is 4.78. The molecule has 0 spiro atoms. The van der Waals surface area contributed by atoms with E-state index in [2.05, 4.69) is 35.4 Å². The number of piperidine rings is 1. The third-order valence-electron chi connectivity index (χ3n) is 6.86. The Hall–Kier alpha value is -3.45. The first kappa shape index (κ1) is 22.3. The minimum Gasteiger partial charge on any atom is -0.365 e. The van der Waals surface area contributed by atoms with Crippen molar-refractivity contribution in [2.24, 2.45) is 5.92 Å². The highest BCUT2D eigenvalue weighted by Gasteiger charge is 2.32. The summed E-state index contributed by atoms with van der Waals surface area (Å²) >= 11 is 0. The van der Waals surface area contributed by atoms with Crippen LogP contribution in [0.2, 0.25) is 0 Å². The van der Waals surface area contributed by atoms with Gasteiger partial charge in [-0.3, -0.25) is 9.59 Å². The second-order valence-corrected chi connectivity index (χ2v) is 9.01. The molecule has 2 aromatic carbocycles. The van der Waals surface area contributed by atoms with Crippen molar-refractivity contribution in [2.45, 2.75) is 45.4 Å². The highest BCUT2D eigenvalue weighted by molar-refractivity contribution is 5.95. The summed E-state index contributed by atoms with van der Waals surface area (Å²) in [7, 11) is 0. The maximum absolute atomic E-state index is 13.2. The van der Waals surface area contributed by atoms with Gasteiger partial charge in [-0.25, -0.2) is 4.98 Å². The Labute approximate surface area is 199 Å². The summed E-state index contributed by atoms with van der Waals surface area (Å²) in [5.41, 5.74) is 4.44. The molecule has 1 atom stereocenters. The number of amides is 2. The molecule has 3 heterocycles. The van der Waals surface area contributed by atoms with Crippen LogP contribution in [-0.4, -0.2) is 39.4 Å². The number of aromatic nitrogens is 2. The smallest absolute Gasteiger partial charge is 0.274 e. The summed E-state index contributed by atoms with van der Waals surface area (Å²) in [6.45, 7) is 4.19. The highest BCUT2D eigenvalue weighted by Crippen LogP contribution is 2.29. The van der Waals surface area contributed by atoms with Crippen LogP contribution in [0.25, 0.3) is 0 Å². The van der Waals surface area contributed by atoms with Crippen molar-refractivity contribution >= 4 is 17.5 Å². The summed E-state index contributed by atoms with van der Waals surface area (Å²) < 4.78 is 8.09. The summed E-state index contributed by atoms with van der Waals surface area (Å²) in [4.78, 5) is 32.2. The molecule has 0 radical (unpaired) electrons. The van der Waals surface area contributed by atoms with E-state index in [1.807, 2.05) is 45.9 Å². The molecule has 2 aliphatic heterocycles. The van der Waals surface area contributed by atoms with Gasteiger partial charge in [0.25, 0.3) is 5.91 Å². The van der Waals surface area contributed by atoms with Gasteiger partial charge in [0.05, 0.1) is 25.2 Å². The number of carbonyl (C=O) groups is 2. The van der Waals surface area contributed by atoms with Gasteiger partial charge >= 0.3 is 0 Å². The Morgan fingerprint density at radius 3 is 2.65 bits per heavy atom. The van der Waals surface area contributed by atoms with E-state index in [9.17, 15) is 9.59 Å². The zero-order valence-electron chi connectivity index (χ0n) is 19.4. The second kappa shape index (κ2) is 9.81. The van der Waals surface area contributed by atoms with Crippen LogP contribution < -0.4 is 5.32 Å². The molecule has 0 unspecified atom stereocenters. The van der Waals surface area contributed by atoms with Gasteiger partial charge < -0.3 is 19.5 Å². The lowest BCUT2D eigenvalue weighted by molar-refractivity contribution is -0.121. The fraction of sp³-hybridized carbons (Fsp3) is 0.370. The number of hydrogen-bond donors (Lipinski definition) is 1. The highest BCUT2D eigenvalue weighted by atomic mass is 16.5. The number of fused-ring (bicyclic) bond motifs is 1. The fourth-order valence-corrected chi connectivity index (χ4v) is 4.78. The lowest BCUT2D eigenvalue weighted by atomic mass is 9.95. The first-order valence-corrected chi connectivity index (χ1v) is 12.0. The van der Waals surface area contributed by atoms with Crippen molar-refractivity contribution in [2.75, 3.05) is 18.4 Å².